The molecule has 7 nitrogen and oxygen atoms in total. The van der Waals surface area contributed by atoms with Crippen LogP contribution in [0.2, 0.25) is 0 Å². The van der Waals surface area contributed by atoms with E-state index in [-0.39, 0.29) is 17.6 Å². The third-order valence-corrected chi connectivity index (χ3v) is 5.54. The molecule has 0 bridgehead atoms. The molecule has 1 aliphatic rings. The van der Waals surface area contributed by atoms with E-state index >= 15 is 0 Å². The van der Waals surface area contributed by atoms with Crippen LogP contribution in [0.3, 0.4) is 0 Å². The number of hydrogen-bond donors (Lipinski definition) is 2. The van der Waals surface area contributed by atoms with Crippen molar-refractivity contribution in [2.24, 2.45) is 5.73 Å². The molecule has 0 amide bonds. The summed E-state index contributed by atoms with van der Waals surface area (Å²) in [5.41, 5.74) is 6.05. The number of nitrogens with zero attached hydrogens (tertiary/aromatic N) is 3. The Balaban J connectivity index is 2.15. The van der Waals surface area contributed by atoms with Crippen molar-refractivity contribution in [2.75, 3.05) is 27.2 Å². The van der Waals surface area contributed by atoms with Gasteiger partial charge in [0.25, 0.3) is 10.0 Å². The van der Waals surface area contributed by atoms with Gasteiger partial charge in [0, 0.05) is 31.7 Å². The molecule has 1 saturated heterocycles. The lowest BCUT2D eigenvalue weighted by Gasteiger charge is -2.25. The Labute approximate surface area is 113 Å². The van der Waals surface area contributed by atoms with Crippen molar-refractivity contribution in [1.82, 2.24) is 19.4 Å². The molecule has 2 rings (SSSR count). The van der Waals surface area contributed by atoms with Gasteiger partial charge in [-0.25, -0.2) is 8.42 Å². The lowest BCUT2D eigenvalue weighted by molar-refractivity contribution is 0.270. The normalized spacial score (nSPS) is 21.4. The minimum absolute atomic E-state index is 0.109. The van der Waals surface area contributed by atoms with E-state index in [9.17, 15) is 8.42 Å². The lowest BCUT2D eigenvalue weighted by Crippen LogP contribution is -2.39. The maximum absolute atomic E-state index is 12.4. The Bertz CT molecular complexity index is 527. The van der Waals surface area contributed by atoms with E-state index in [2.05, 4.69) is 15.1 Å². The smallest absolute Gasteiger partial charge is 0.260 e. The van der Waals surface area contributed by atoms with Crippen LogP contribution < -0.4 is 5.73 Å². The van der Waals surface area contributed by atoms with Crippen molar-refractivity contribution in [2.45, 2.75) is 30.5 Å². The fourth-order valence-corrected chi connectivity index (χ4v) is 3.74. The van der Waals surface area contributed by atoms with Crippen LogP contribution in [0, 0.1) is 0 Å². The van der Waals surface area contributed by atoms with Crippen molar-refractivity contribution in [1.29, 1.82) is 0 Å². The maximum atomic E-state index is 12.4. The maximum Gasteiger partial charge on any atom is 0.260 e. The van der Waals surface area contributed by atoms with Crippen LogP contribution in [-0.4, -0.2) is 61.0 Å². The highest BCUT2D eigenvalue weighted by Crippen LogP contribution is 2.20. The second-order valence-corrected chi connectivity index (χ2v) is 6.97. The standard InChI is InChI=1S/C11H21N5O2S/c1-15-5-3-4-10(15)8-16(2)19(17,18)11-9(6-12)7-13-14-11/h7,10H,3-6,8,12H2,1-2H3,(H,13,14). The first-order chi connectivity index (χ1) is 8.96. The Morgan fingerprint density at radius 2 is 2.37 bits per heavy atom. The van der Waals surface area contributed by atoms with E-state index in [1.165, 1.54) is 10.5 Å². The SMILES string of the molecule is CN1CCCC1CN(C)S(=O)(=O)c1[nH]ncc1CN. The van der Waals surface area contributed by atoms with Gasteiger partial charge in [0.1, 0.15) is 0 Å². The highest BCUT2D eigenvalue weighted by atomic mass is 32.2. The van der Waals surface area contributed by atoms with Crippen LogP contribution in [0.1, 0.15) is 18.4 Å². The summed E-state index contributed by atoms with van der Waals surface area (Å²) in [5, 5.41) is 6.42. The molecule has 1 fully saturated rings. The summed E-state index contributed by atoms with van der Waals surface area (Å²) in [6.07, 6.45) is 3.61. The van der Waals surface area contributed by atoms with E-state index in [0.717, 1.165) is 19.4 Å². The average molecular weight is 287 g/mol. The summed E-state index contributed by atoms with van der Waals surface area (Å²) in [5.74, 6) is 0. The molecule has 1 atom stereocenters. The molecule has 0 aliphatic carbocycles. The Morgan fingerprint density at radius 1 is 1.63 bits per heavy atom. The Kier molecular flexibility index (Phi) is 4.24. The van der Waals surface area contributed by atoms with Crippen molar-refractivity contribution >= 4 is 10.0 Å². The van der Waals surface area contributed by atoms with Crippen LogP contribution in [-0.2, 0) is 16.6 Å². The van der Waals surface area contributed by atoms with E-state index < -0.39 is 10.0 Å². The summed E-state index contributed by atoms with van der Waals surface area (Å²) < 4.78 is 26.3. The zero-order valence-corrected chi connectivity index (χ0v) is 12.2. The van der Waals surface area contributed by atoms with E-state index in [4.69, 9.17) is 5.73 Å². The van der Waals surface area contributed by atoms with E-state index in [0.29, 0.717) is 12.1 Å². The first kappa shape index (κ1) is 14.4. The first-order valence-electron chi connectivity index (χ1n) is 6.35. The van der Waals surface area contributed by atoms with Crippen molar-refractivity contribution < 1.29 is 8.42 Å². The van der Waals surface area contributed by atoms with Gasteiger partial charge in [-0.15, -0.1) is 0 Å². The number of likely N-dealkylation sites (N-methyl/N-ethyl adjacent to an activating group) is 2. The molecule has 0 radical (unpaired) electrons. The van der Waals surface area contributed by atoms with E-state index in [1.807, 2.05) is 7.05 Å². The fourth-order valence-electron chi connectivity index (χ4n) is 2.43. The molecule has 0 saturated carbocycles. The van der Waals surface area contributed by atoms with Crippen LogP contribution in [0.4, 0.5) is 0 Å². The Morgan fingerprint density at radius 3 is 2.95 bits per heavy atom. The van der Waals surface area contributed by atoms with Gasteiger partial charge in [0.15, 0.2) is 5.03 Å². The zero-order valence-electron chi connectivity index (χ0n) is 11.3. The highest BCUT2D eigenvalue weighted by Gasteiger charge is 2.30. The fraction of sp³-hybridized carbons (Fsp3) is 0.727. The van der Waals surface area contributed by atoms with Crippen molar-refractivity contribution in [3.05, 3.63) is 11.8 Å². The van der Waals surface area contributed by atoms with Crippen LogP contribution >= 0.6 is 0 Å². The Hall–Kier alpha value is -0.960. The highest BCUT2D eigenvalue weighted by molar-refractivity contribution is 7.89. The number of H-pyrrole nitrogens is 1. The number of aromatic amines is 1. The zero-order chi connectivity index (χ0) is 14.0. The summed E-state index contributed by atoms with van der Waals surface area (Å²) in [6, 6.07) is 0.282. The van der Waals surface area contributed by atoms with Gasteiger partial charge in [0.05, 0.1) is 6.20 Å². The number of likely N-dealkylation sites (tertiary alicyclic amines) is 1. The number of sulfonamides is 1. The van der Waals surface area contributed by atoms with Gasteiger partial charge < -0.3 is 10.6 Å². The van der Waals surface area contributed by atoms with Gasteiger partial charge in [-0.1, -0.05) is 0 Å². The molecule has 19 heavy (non-hydrogen) atoms. The average Bonchev–Trinajstić information content (AvgIpc) is 2.98. The van der Waals surface area contributed by atoms with Crippen molar-refractivity contribution in [3.8, 4) is 0 Å². The first-order valence-corrected chi connectivity index (χ1v) is 7.79. The molecule has 0 aromatic carbocycles. The molecule has 108 valence electrons. The molecular formula is C11H21N5O2S. The second kappa shape index (κ2) is 5.58. The van der Waals surface area contributed by atoms with E-state index in [1.54, 1.807) is 7.05 Å². The van der Waals surface area contributed by atoms with Gasteiger partial charge in [-0.3, -0.25) is 5.10 Å². The van der Waals surface area contributed by atoms with Gasteiger partial charge in [-0.05, 0) is 26.4 Å². The molecule has 3 N–H and O–H groups in total. The number of nitrogens with two attached hydrogens (primary N) is 1. The molecule has 0 spiro atoms. The summed E-state index contributed by atoms with van der Waals surface area (Å²) in [7, 11) is 0.0866. The van der Waals surface area contributed by atoms with Crippen LogP contribution in [0.25, 0.3) is 0 Å². The van der Waals surface area contributed by atoms with Crippen LogP contribution in [0.5, 0.6) is 0 Å². The van der Waals surface area contributed by atoms with Crippen molar-refractivity contribution in [3.63, 3.8) is 0 Å². The third-order valence-electron chi connectivity index (χ3n) is 3.71. The molecule has 1 aromatic heterocycles. The summed E-state index contributed by atoms with van der Waals surface area (Å²) in [4.78, 5) is 2.20. The van der Waals surface area contributed by atoms with Crippen LogP contribution in [0.15, 0.2) is 11.2 Å². The number of rotatable bonds is 5. The molecule has 2 heterocycles. The summed E-state index contributed by atoms with van der Waals surface area (Å²) >= 11 is 0. The number of nitrogens with one attached hydrogen (secondary N) is 1. The molecule has 8 heteroatoms. The third kappa shape index (κ3) is 2.81. The minimum atomic E-state index is -3.54. The van der Waals surface area contributed by atoms with Gasteiger partial charge >= 0.3 is 0 Å². The van der Waals surface area contributed by atoms with Gasteiger partial charge in [0.2, 0.25) is 0 Å². The topological polar surface area (TPSA) is 95.3 Å². The number of hydrogen-bond acceptors (Lipinski definition) is 5. The molecular weight excluding hydrogens is 266 g/mol. The quantitative estimate of drug-likeness (QED) is 0.767. The minimum Gasteiger partial charge on any atom is -0.326 e. The predicted octanol–water partition coefficient (Wildman–Crippen LogP) is -0.417. The second-order valence-electron chi connectivity index (χ2n) is 4.99. The lowest BCUT2D eigenvalue weighted by atomic mass is 10.2. The summed E-state index contributed by atoms with van der Waals surface area (Å²) in [6.45, 7) is 1.67. The van der Waals surface area contributed by atoms with Gasteiger partial charge in [-0.2, -0.15) is 9.40 Å². The largest absolute Gasteiger partial charge is 0.326 e. The molecule has 1 aliphatic heterocycles. The predicted molar refractivity (Wildman–Crippen MR) is 71.9 cm³/mol. The molecule has 1 aromatic rings. The monoisotopic (exact) mass is 287 g/mol. The number of aromatic nitrogens is 2. The molecule has 1 unspecified atom stereocenters.